The number of pyridine rings is 1. The quantitative estimate of drug-likeness (QED) is 0.681. The van der Waals surface area contributed by atoms with Crippen molar-refractivity contribution < 1.29 is 4.79 Å². The van der Waals surface area contributed by atoms with Crippen LogP contribution in [0.4, 0.5) is 11.5 Å². The second kappa shape index (κ2) is 5.83. The second-order valence-corrected chi connectivity index (χ2v) is 7.06. The monoisotopic (exact) mass is 341 g/mol. The van der Waals surface area contributed by atoms with Gasteiger partial charge in [-0.25, -0.2) is 4.98 Å². The van der Waals surface area contributed by atoms with E-state index >= 15 is 0 Å². The van der Waals surface area contributed by atoms with Crippen molar-refractivity contribution in [3.05, 3.63) is 29.4 Å². The van der Waals surface area contributed by atoms with E-state index in [0.29, 0.717) is 10.6 Å². The van der Waals surface area contributed by atoms with Crippen molar-refractivity contribution in [3.8, 4) is 11.1 Å². The molecule has 1 saturated heterocycles. The molecule has 6 nitrogen and oxygen atoms in total. The van der Waals surface area contributed by atoms with E-state index in [4.69, 9.17) is 16.5 Å². The number of rotatable bonds is 3. The second-order valence-electron chi connectivity index (χ2n) is 6.06. The largest absolute Gasteiger partial charge is 0.397 e. The van der Waals surface area contributed by atoms with E-state index in [1.807, 2.05) is 18.5 Å². The van der Waals surface area contributed by atoms with Gasteiger partial charge in [-0.05, 0) is 37.0 Å². The number of nitrogens with one attached hydrogen (secondary N) is 1. The SMILES string of the molecule is NC(=O)c1sc2nc(N3CCCCC3)cc(-c3cc[nH]c3)c2c1N. The number of amides is 1. The molecule has 0 atom stereocenters. The number of fused-ring (bicyclic) bond motifs is 1. The van der Waals surface area contributed by atoms with Crippen LogP contribution < -0.4 is 16.4 Å². The highest BCUT2D eigenvalue weighted by Gasteiger charge is 2.22. The van der Waals surface area contributed by atoms with Gasteiger partial charge < -0.3 is 21.4 Å². The van der Waals surface area contributed by atoms with Gasteiger partial charge in [-0.1, -0.05) is 0 Å². The number of carbonyl (C=O) groups excluding carboxylic acids is 1. The number of carbonyl (C=O) groups is 1. The maximum absolute atomic E-state index is 11.7. The Morgan fingerprint density at radius 1 is 1.29 bits per heavy atom. The molecular weight excluding hydrogens is 322 g/mol. The molecule has 0 aromatic carbocycles. The topological polar surface area (TPSA) is 101 Å². The van der Waals surface area contributed by atoms with E-state index in [9.17, 15) is 4.79 Å². The molecule has 7 heteroatoms. The zero-order valence-corrected chi connectivity index (χ0v) is 14.0. The van der Waals surface area contributed by atoms with Crippen LogP contribution in [0.15, 0.2) is 24.5 Å². The first-order valence-corrected chi connectivity index (χ1v) is 8.87. The number of nitrogen functional groups attached to an aromatic ring is 1. The molecule has 0 radical (unpaired) electrons. The molecule has 4 rings (SSSR count). The first-order valence-electron chi connectivity index (χ1n) is 8.06. The molecule has 0 bridgehead atoms. The lowest BCUT2D eigenvalue weighted by atomic mass is 10.0. The van der Waals surface area contributed by atoms with E-state index in [2.05, 4.69) is 16.0 Å². The zero-order chi connectivity index (χ0) is 16.7. The Bertz CT molecular complexity index is 893. The summed E-state index contributed by atoms with van der Waals surface area (Å²) in [5, 5.41) is 0.814. The van der Waals surface area contributed by atoms with E-state index in [1.54, 1.807) is 0 Å². The lowest BCUT2D eigenvalue weighted by Gasteiger charge is -2.28. The number of nitrogens with zero attached hydrogens (tertiary/aromatic N) is 2. The number of nitrogens with two attached hydrogens (primary N) is 2. The molecule has 3 aromatic heterocycles. The van der Waals surface area contributed by atoms with Crippen LogP contribution in [0.1, 0.15) is 28.9 Å². The molecule has 24 heavy (non-hydrogen) atoms. The first kappa shape index (κ1) is 15.0. The summed E-state index contributed by atoms with van der Waals surface area (Å²) in [6, 6.07) is 4.07. The highest BCUT2D eigenvalue weighted by molar-refractivity contribution is 7.21. The van der Waals surface area contributed by atoms with Gasteiger partial charge in [0.05, 0.1) is 5.69 Å². The van der Waals surface area contributed by atoms with E-state index in [1.165, 1.54) is 30.6 Å². The average Bonchev–Trinajstić information content (AvgIpc) is 3.23. The summed E-state index contributed by atoms with van der Waals surface area (Å²) in [6.45, 7) is 2.02. The van der Waals surface area contributed by atoms with Gasteiger partial charge in [-0.15, -0.1) is 11.3 Å². The summed E-state index contributed by atoms with van der Waals surface area (Å²) in [5.41, 5.74) is 14.1. The molecule has 0 aliphatic carbocycles. The molecule has 0 spiro atoms. The molecule has 1 aliphatic heterocycles. The number of hydrogen-bond acceptors (Lipinski definition) is 5. The molecule has 3 aromatic rings. The summed E-state index contributed by atoms with van der Waals surface area (Å²) < 4.78 is 0. The molecule has 4 heterocycles. The number of aromatic amines is 1. The van der Waals surface area contributed by atoms with Crippen LogP contribution in [-0.4, -0.2) is 29.0 Å². The first-order chi connectivity index (χ1) is 11.6. The van der Waals surface area contributed by atoms with E-state index < -0.39 is 5.91 Å². The minimum Gasteiger partial charge on any atom is -0.397 e. The van der Waals surface area contributed by atoms with Crippen molar-refractivity contribution in [2.24, 2.45) is 5.73 Å². The van der Waals surface area contributed by atoms with Crippen molar-refractivity contribution in [2.75, 3.05) is 23.7 Å². The predicted molar refractivity (Wildman–Crippen MR) is 98.4 cm³/mol. The van der Waals surface area contributed by atoms with E-state index in [-0.39, 0.29) is 0 Å². The third-order valence-electron chi connectivity index (χ3n) is 4.50. The number of piperidine rings is 1. The fourth-order valence-electron chi connectivity index (χ4n) is 3.30. The molecular formula is C17H19N5OS. The van der Waals surface area contributed by atoms with Gasteiger partial charge >= 0.3 is 0 Å². The smallest absolute Gasteiger partial charge is 0.260 e. The highest BCUT2D eigenvalue weighted by Crippen LogP contribution is 2.41. The van der Waals surface area contributed by atoms with Crippen LogP contribution in [0.2, 0.25) is 0 Å². The fraction of sp³-hybridized carbons (Fsp3) is 0.294. The molecule has 0 saturated carbocycles. The van der Waals surface area contributed by atoms with Crippen molar-refractivity contribution in [3.63, 3.8) is 0 Å². The van der Waals surface area contributed by atoms with Gasteiger partial charge in [0.15, 0.2) is 0 Å². The Hall–Kier alpha value is -2.54. The third kappa shape index (κ3) is 2.41. The lowest BCUT2D eigenvalue weighted by molar-refractivity contribution is 0.100. The summed E-state index contributed by atoms with van der Waals surface area (Å²) in [6.07, 6.45) is 7.42. The fourth-order valence-corrected chi connectivity index (χ4v) is 4.26. The molecule has 1 aliphatic rings. The summed E-state index contributed by atoms with van der Waals surface area (Å²) in [7, 11) is 0. The van der Waals surface area contributed by atoms with Gasteiger partial charge in [-0.3, -0.25) is 4.79 Å². The average molecular weight is 341 g/mol. The van der Waals surface area contributed by atoms with Crippen LogP contribution in [0.3, 0.4) is 0 Å². The summed E-state index contributed by atoms with van der Waals surface area (Å²) in [5.74, 6) is 0.436. The number of hydrogen-bond donors (Lipinski definition) is 3. The van der Waals surface area contributed by atoms with Crippen LogP contribution in [0, 0.1) is 0 Å². The number of aromatic nitrogens is 2. The van der Waals surface area contributed by atoms with Crippen molar-refractivity contribution in [1.82, 2.24) is 9.97 Å². The Morgan fingerprint density at radius 3 is 2.75 bits per heavy atom. The van der Waals surface area contributed by atoms with Crippen molar-refractivity contribution in [1.29, 1.82) is 0 Å². The normalized spacial score (nSPS) is 15.1. The van der Waals surface area contributed by atoms with Crippen molar-refractivity contribution >= 4 is 39.0 Å². The Labute approximate surface area is 143 Å². The van der Waals surface area contributed by atoms with Crippen LogP contribution in [0.25, 0.3) is 21.3 Å². The molecule has 124 valence electrons. The Morgan fingerprint density at radius 2 is 2.08 bits per heavy atom. The van der Waals surface area contributed by atoms with Gasteiger partial charge in [0.1, 0.15) is 15.5 Å². The minimum absolute atomic E-state index is 0.380. The maximum Gasteiger partial charge on any atom is 0.260 e. The Balaban J connectivity index is 1.95. The number of primary amides is 1. The van der Waals surface area contributed by atoms with Gasteiger partial charge in [0.25, 0.3) is 5.91 Å². The lowest BCUT2D eigenvalue weighted by Crippen LogP contribution is -2.30. The minimum atomic E-state index is -0.505. The maximum atomic E-state index is 11.7. The van der Waals surface area contributed by atoms with Crippen LogP contribution >= 0.6 is 11.3 Å². The summed E-state index contributed by atoms with van der Waals surface area (Å²) in [4.78, 5) is 23.0. The van der Waals surface area contributed by atoms with Crippen LogP contribution in [0.5, 0.6) is 0 Å². The molecule has 5 N–H and O–H groups in total. The van der Waals surface area contributed by atoms with Gasteiger partial charge in [0, 0.05) is 36.4 Å². The summed E-state index contributed by atoms with van der Waals surface area (Å²) >= 11 is 1.27. The van der Waals surface area contributed by atoms with Crippen molar-refractivity contribution in [2.45, 2.75) is 19.3 Å². The molecule has 0 unspecified atom stereocenters. The number of H-pyrrole nitrogens is 1. The third-order valence-corrected chi connectivity index (χ3v) is 5.61. The van der Waals surface area contributed by atoms with Gasteiger partial charge in [0.2, 0.25) is 0 Å². The molecule has 1 fully saturated rings. The van der Waals surface area contributed by atoms with E-state index in [0.717, 1.165) is 40.3 Å². The standard InChI is InChI=1S/C17H19N5OS/c18-14-13-11(10-4-5-20-9-10)8-12(22-6-2-1-3-7-22)21-17(13)24-15(14)16(19)23/h4-5,8-9,20H,1-3,6-7,18H2,(H2,19,23). The molecule has 1 amide bonds. The zero-order valence-electron chi connectivity index (χ0n) is 13.2. The Kier molecular flexibility index (Phi) is 3.65. The van der Waals surface area contributed by atoms with Gasteiger partial charge in [-0.2, -0.15) is 0 Å². The highest BCUT2D eigenvalue weighted by atomic mass is 32.1. The number of anilines is 2. The predicted octanol–water partition coefficient (Wildman–Crippen LogP) is 2.96. The van der Waals surface area contributed by atoms with Crippen LogP contribution in [-0.2, 0) is 0 Å². The number of thiophene rings is 1.